The molecule has 0 amide bonds. The van der Waals surface area contributed by atoms with E-state index in [1.165, 1.54) is 6.33 Å². The van der Waals surface area contributed by atoms with Gasteiger partial charge in [-0.15, -0.1) is 0 Å². The molecule has 2 aromatic rings. The highest BCUT2D eigenvalue weighted by molar-refractivity contribution is 6.30. The number of hydrogen-bond acceptors (Lipinski definition) is 5. The van der Waals surface area contributed by atoms with Crippen molar-refractivity contribution < 1.29 is 10.2 Å². The van der Waals surface area contributed by atoms with E-state index in [1.807, 2.05) is 24.3 Å². The lowest BCUT2D eigenvalue weighted by Crippen LogP contribution is -2.41. The van der Waals surface area contributed by atoms with Crippen LogP contribution in [0.5, 0.6) is 0 Å². The van der Waals surface area contributed by atoms with Crippen LogP contribution in [0.3, 0.4) is 0 Å². The SMILES string of the molecule is O[C@H]1[C@H](NCc2ccc(Cl)cc2)[C@@H](c2cncnc2)C[C@H]1O. The van der Waals surface area contributed by atoms with Crippen LogP contribution >= 0.6 is 11.6 Å². The maximum atomic E-state index is 10.2. The van der Waals surface area contributed by atoms with E-state index < -0.39 is 12.2 Å². The Morgan fingerprint density at radius 3 is 2.50 bits per heavy atom. The van der Waals surface area contributed by atoms with Crippen LogP contribution in [0.2, 0.25) is 5.02 Å². The molecule has 1 aliphatic carbocycles. The van der Waals surface area contributed by atoms with Crippen molar-refractivity contribution in [2.75, 3.05) is 0 Å². The number of aliphatic hydroxyl groups is 2. The van der Waals surface area contributed by atoms with E-state index in [4.69, 9.17) is 11.6 Å². The molecule has 3 N–H and O–H groups in total. The van der Waals surface area contributed by atoms with Gasteiger partial charge in [0.05, 0.1) is 12.2 Å². The van der Waals surface area contributed by atoms with Gasteiger partial charge in [0, 0.05) is 35.9 Å². The summed E-state index contributed by atoms with van der Waals surface area (Å²) in [6.45, 7) is 0.593. The van der Waals surface area contributed by atoms with Crippen molar-refractivity contribution in [1.82, 2.24) is 15.3 Å². The maximum Gasteiger partial charge on any atom is 0.115 e. The topological polar surface area (TPSA) is 78.3 Å². The van der Waals surface area contributed by atoms with E-state index in [9.17, 15) is 10.2 Å². The second-order valence-corrected chi connectivity index (χ2v) is 6.04. The third-order valence-electron chi connectivity index (χ3n) is 4.15. The second kappa shape index (κ2) is 6.71. The Morgan fingerprint density at radius 1 is 1.14 bits per heavy atom. The fourth-order valence-corrected chi connectivity index (χ4v) is 3.10. The van der Waals surface area contributed by atoms with Crippen molar-refractivity contribution in [3.05, 3.63) is 59.1 Å². The number of halogens is 1. The van der Waals surface area contributed by atoms with Crippen LogP contribution in [0.1, 0.15) is 23.5 Å². The van der Waals surface area contributed by atoms with Crippen LogP contribution in [0.4, 0.5) is 0 Å². The van der Waals surface area contributed by atoms with Crippen LogP contribution in [0.25, 0.3) is 0 Å². The summed E-state index contributed by atoms with van der Waals surface area (Å²) in [5.74, 6) is -0.0153. The van der Waals surface area contributed by atoms with E-state index in [2.05, 4.69) is 15.3 Å². The molecule has 3 rings (SSSR count). The number of nitrogens with one attached hydrogen (secondary N) is 1. The Bertz CT molecular complexity index is 609. The standard InChI is InChI=1S/C16H18ClN3O2/c17-12-3-1-10(2-4-12)6-20-15-13(5-14(21)16(15)22)11-7-18-9-19-8-11/h1-4,7-9,13-16,20-22H,5-6H2/t13-,14-,15-,16-/m1/s1. The highest BCUT2D eigenvalue weighted by atomic mass is 35.5. The predicted molar refractivity (Wildman–Crippen MR) is 83.5 cm³/mol. The molecule has 1 aromatic carbocycles. The molecular formula is C16H18ClN3O2. The van der Waals surface area contributed by atoms with Crippen LogP contribution < -0.4 is 5.32 Å². The van der Waals surface area contributed by atoms with Crippen molar-refractivity contribution in [2.24, 2.45) is 0 Å². The van der Waals surface area contributed by atoms with E-state index in [0.29, 0.717) is 18.0 Å². The number of aromatic nitrogens is 2. The van der Waals surface area contributed by atoms with Gasteiger partial charge in [0.25, 0.3) is 0 Å². The molecular weight excluding hydrogens is 302 g/mol. The zero-order valence-electron chi connectivity index (χ0n) is 11.9. The molecule has 6 heteroatoms. The molecule has 1 aromatic heterocycles. The predicted octanol–water partition coefficient (Wildman–Crippen LogP) is 1.50. The number of benzene rings is 1. The zero-order chi connectivity index (χ0) is 15.5. The van der Waals surface area contributed by atoms with Crippen LogP contribution in [0.15, 0.2) is 43.0 Å². The van der Waals surface area contributed by atoms with Crippen LogP contribution in [0, 0.1) is 0 Å². The number of hydrogen-bond donors (Lipinski definition) is 3. The van der Waals surface area contributed by atoms with Gasteiger partial charge in [-0.05, 0) is 29.7 Å². The van der Waals surface area contributed by atoms with E-state index >= 15 is 0 Å². The highest BCUT2D eigenvalue weighted by Gasteiger charge is 2.42. The molecule has 22 heavy (non-hydrogen) atoms. The average Bonchev–Trinajstić information content (AvgIpc) is 2.83. The Kier molecular flexibility index (Phi) is 4.69. The summed E-state index contributed by atoms with van der Waals surface area (Å²) in [5.41, 5.74) is 1.99. The van der Waals surface area contributed by atoms with Gasteiger partial charge in [-0.1, -0.05) is 23.7 Å². The maximum absolute atomic E-state index is 10.2. The molecule has 0 unspecified atom stereocenters. The smallest absolute Gasteiger partial charge is 0.115 e. The molecule has 116 valence electrons. The number of aliphatic hydroxyl groups excluding tert-OH is 2. The van der Waals surface area contributed by atoms with Gasteiger partial charge in [-0.2, -0.15) is 0 Å². The van der Waals surface area contributed by atoms with Crippen LogP contribution in [-0.4, -0.2) is 38.4 Å². The first-order valence-corrected chi connectivity index (χ1v) is 7.62. The van der Waals surface area contributed by atoms with Gasteiger partial charge < -0.3 is 15.5 Å². The van der Waals surface area contributed by atoms with Gasteiger partial charge in [-0.3, -0.25) is 0 Å². The average molecular weight is 320 g/mol. The van der Waals surface area contributed by atoms with Crippen molar-refractivity contribution in [3.63, 3.8) is 0 Å². The summed E-state index contributed by atoms with van der Waals surface area (Å²) in [6.07, 6.45) is 3.89. The molecule has 0 radical (unpaired) electrons. The third kappa shape index (κ3) is 3.28. The lowest BCUT2D eigenvalue weighted by molar-refractivity contribution is 0.0297. The lowest BCUT2D eigenvalue weighted by atomic mass is 9.96. The van der Waals surface area contributed by atoms with E-state index in [-0.39, 0.29) is 12.0 Å². The Morgan fingerprint density at radius 2 is 1.82 bits per heavy atom. The Labute approximate surface area is 134 Å². The molecule has 1 heterocycles. The molecule has 0 saturated heterocycles. The quantitative estimate of drug-likeness (QED) is 0.796. The van der Waals surface area contributed by atoms with Crippen molar-refractivity contribution in [2.45, 2.75) is 37.1 Å². The molecule has 0 aliphatic heterocycles. The first kappa shape index (κ1) is 15.4. The highest BCUT2D eigenvalue weighted by Crippen LogP contribution is 2.34. The molecule has 4 atom stereocenters. The fraction of sp³-hybridized carbons (Fsp3) is 0.375. The molecule has 5 nitrogen and oxygen atoms in total. The first-order chi connectivity index (χ1) is 10.6. The molecule has 1 aliphatic rings. The zero-order valence-corrected chi connectivity index (χ0v) is 12.7. The van der Waals surface area contributed by atoms with Gasteiger partial charge in [0.2, 0.25) is 0 Å². The van der Waals surface area contributed by atoms with Crippen molar-refractivity contribution in [3.8, 4) is 0 Å². The van der Waals surface area contributed by atoms with Gasteiger partial charge >= 0.3 is 0 Å². The summed E-state index contributed by atoms with van der Waals surface area (Å²) < 4.78 is 0. The minimum atomic E-state index is -0.808. The summed E-state index contributed by atoms with van der Waals surface area (Å²) in [4.78, 5) is 8.05. The minimum absolute atomic E-state index is 0.0153. The van der Waals surface area contributed by atoms with E-state index in [0.717, 1.165) is 11.1 Å². The van der Waals surface area contributed by atoms with Gasteiger partial charge in [0.1, 0.15) is 6.33 Å². The monoisotopic (exact) mass is 319 g/mol. The van der Waals surface area contributed by atoms with Crippen LogP contribution in [-0.2, 0) is 6.54 Å². The first-order valence-electron chi connectivity index (χ1n) is 7.24. The molecule has 1 fully saturated rings. The van der Waals surface area contributed by atoms with Crippen molar-refractivity contribution >= 4 is 11.6 Å². The summed E-state index contributed by atoms with van der Waals surface area (Å²) >= 11 is 5.88. The number of rotatable bonds is 4. The summed E-state index contributed by atoms with van der Waals surface area (Å²) in [6, 6.07) is 7.31. The summed E-state index contributed by atoms with van der Waals surface area (Å²) in [7, 11) is 0. The largest absolute Gasteiger partial charge is 0.390 e. The molecule has 1 saturated carbocycles. The Balaban J connectivity index is 1.73. The van der Waals surface area contributed by atoms with Crippen molar-refractivity contribution in [1.29, 1.82) is 0 Å². The normalized spacial score (nSPS) is 28.0. The summed E-state index contributed by atoms with van der Waals surface area (Å²) in [5, 5.41) is 24.3. The molecule has 0 spiro atoms. The lowest BCUT2D eigenvalue weighted by Gasteiger charge is -2.23. The second-order valence-electron chi connectivity index (χ2n) is 5.61. The Hall–Kier alpha value is -1.53. The number of nitrogens with zero attached hydrogens (tertiary/aromatic N) is 2. The minimum Gasteiger partial charge on any atom is -0.390 e. The van der Waals surface area contributed by atoms with Gasteiger partial charge in [0.15, 0.2) is 0 Å². The van der Waals surface area contributed by atoms with Gasteiger partial charge in [-0.25, -0.2) is 9.97 Å². The molecule has 0 bridgehead atoms. The van der Waals surface area contributed by atoms with E-state index in [1.54, 1.807) is 12.4 Å². The fourth-order valence-electron chi connectivity index (χ4n) is 2.97. The third-order valence-corrected chi connectivity index (χ3v) is 4.41.